The van der Waals surface area contributed by atoms with Gasteiger partial charge in [-0.15, -0.1) is 0 Å². The maximum atomic E-state index is 11.8. The first kappa shape index (κ1) is 48.1. The summed E-state index contributed by atoms with van der Waals surface area (Å²) in [5.74, 6) is 0. The van der Waals surface area contributed by atoms with Crippen LogP contribution in [-0.4, -0.2) is 27.4 Å². The minimum atomic E-state index is 0.435. The van der Waals surface area contributed by atoms with Crippen molar-refractivity contribution in [3.8, 4) is 46.3 Å². The van der Waals surface area contributed by atoms with E-state index < -0.39 is 0 Å². The van der Waals surface area contributed by atoms with Crippen molar-refractivity contribution in [1.82, 2.24) is 27.4 Å². The third kappa shape index (κ3) is 6.55. The van der Waals surface area contributed by atoms with E-state index in [9.17, 15) is 10.5 Å². The second kappa shape index (κ2) is 18.1. The third-order valence-corrected chi connectivity index (χ3v) is 18.6. The maximum Gasteiger partial charge on any atom is 0.101 e. The third-order valence-electron chi connectivity index (χ3n) is 18.6. The highest BCUT2D eigenvalue weighted by molar-refractivity contribution is 6.22. The zero-order valence-corrected chi connectivity index (χ0v) is 47.1. The first-order valence-corrected chi connectivity index (χ1v) is 29.7. The van der Waals surface area contributed by atoms with Gasteiger partial charge in [0.25, 0.3) is 0 Å². The predicted octanol–water partition coefficient (Wildman–Crippen LogP) is 20.0. The van der Waals surface area contributed by atoms with E-state index in [1.165, 1.54) is 21.5 Å². The minimum Gasteiger partial charge on any atom is -0.309 e. The summed E-state index contributed by atoms with van der Waals surface area (Å²) >= 11 is 0. The van der Waals surface area contributed by atoms with Crippen molar-refractivity contribution in [2.24, 2.45) is 0 Å². The van der Waals surface area contributed by atoms with Crippen molar-refractivity contribution < 1.29 is 0 Å². The lowest BCUT2D eigenvalue weighted by Gasteiger charge is -2.16. The van der Waals surface area contributed by atoms with Crippen molar-refractivity contribution >= 4 is 131 Å². The summed E-state index contributed by atoms with van der Waals surface area (Å²) < 4.78 is 13.9. The zero-order chi connectivity index (χ0) is 57.9. The molecule has 0 bridgehead atoms. The SMILES string of the molecule is N#Cc1cc(-n2c3ccc(-n4c5ccccc5c5ccccc54)cc3c3cc4c(cc32)c2ccccc2n4-c2ccccc2)c(C#N)cc1-n1c2ccc(-n3c4ccccc4c4ccccc43)cc2c2cc3c(cc21)c1ccccc1n3-c1ccccc1. The lowest BCUT2D eigenvalue weighted by molar-refractivity contribution is 1.12. The summed E-state index contributed by atoms with van der Waals surface area (Å²) in [5, 5.41) is 36.9. The average molecular weight is 1120 g/mol. The van der Waals surface area contributed by atoms with Gasteiger partial charge in [0.15, 0.2) is 0 Å². The quantitative estimate of drug-likeness (QED) is 0.166. The second-order valence-corrected chi connectivity index (χ2v) is 23.1. The van der Waals surface area contributed by atoms with E-state index in [0.717, 1.165) is 132 Å². The number of hydrogen-bond acceptors (Lipinski definition) is 2. The molecule has 0 aliphatic carbocycles. The van der Waals surface area contributed by atoms with E-state index in [0.29, 0.717) is 22.5 Å². The maximum absolute atomic E-state index is 11.8. The molecular formula is C80H46N8. The molecule has 8 nitrogen and oxygen atoms in total. The van der Waals surface area contributed by atoms with E-state index in [-0.39, 0.29) is 0 Å². The molecule has 6 heterocycles. The smallest absolute Gasteiger partial charge is 0.101 e. The van der Waals surface area contributed by atoms with Gasteiger partial charge in [-0.3, -0.25) is 0 Å². The minimum absolute atomic E-state index is 0.435. The highest BCUT2D eigenvalue weighted by atomic mass is 15.0. The van der Waals surface area contributed by atoms with Gasteiger partial charge in [0.05, 0.1) is 88.7 Å². The monoisotopic (exact) mass is 1120 g/mol. The zero-order valence-electron chi connectivity index (χ0n) is 47.1. The molecule has 0 aliphatic heterocycles. The molecule has 0 aliphatic rings. The van der Waals surface area contributed by atoms with Crippen LogP contribution in [0, 0.1) is 22.7 Å². The average Bonchev–Trinajstić information content (AvgIpc) is 1.74. The number of fused-ring (bicyclic) bond motifs is 18. The normalized spacial score (nSPS) is 12.1. The topological polar surface area (TPSA) is 77.2 Å². The molecule has 0 unspecified atom stereocenters. The van der Waals surface area contributed by atoms with Crippen LogP contribution in [0.5, 0.6) is 0 Å². The highest BCUT2D eigenvalue weighted by Gasteiger charge is 2.26. The number of hydrogen-bond donors (Lipinski definition) is 0. The molecule has 0 saturated carbocycles. The van der Waals surface area contributed by atoms with Crippen LogP contribution in [0.2, 0.25) is 0 Å². The van der Waals surface area contributed by atoms with Crippen molar-refractivity contribution in [1.29, 1.82) is 10.5 Å². The molecule has 8 heteroatoms. The number of rotatable bonds is 6. The Bertz CT molecular complexity index is 5830. The molecule has 0 amide bonds. The van der Waals surface area contributed by atoms with Crippen molar-refractivity contribution in [2.75, 3.05) is 0 Å². The van der Waals surface area contributed by atoms with E-state index in [2.05, 4.69) is 306 Å². The first-order chi connectivity index (χ1) is 43.6. The molecule has 88 heavy (non-hydrogen) atoms. The lowest BCUT2D eigenvalue weighted by atomic mass is 10.1. The number of nitrogens with zero attached hydrogens (tertiary/aromatic N) is 8. The number of aromatic nitrogens is 6. The van der Waals surface area contributed by atoms with E-state index in [4.69, 9.17) is 0 Å². The molecule has 0 fully saturated rings. The number of nitriles is 2. The Kier molecular flexibility index (Phi) is 9.87. The van der Waals surface area contributed by atoms with Gasteiger partial charge < -0.3 is 27.4 Å². The Balaban J connectivity index is 0.901. The Hall–Kier alpha value is -12.4. The molecule has 0 N–H and O–H groups in total. The number of benzene rings is 13. The number of para-hydroxylation sites is 8. The van der Waals surface area contributed by atoms with E-state index >= 15 is 0 Å². The van der Waals surface area contributed by atoms with Gasteiger partial charge in [0.1, 0.15) is 12.1 Å². The van der Waals surface area contributed by atoms with Crippen molar-refractivity contribution in [3.63, 3.8) is 0 Å². The Morgan fingerprint density at radius 1 is 0.182 bits per heavy atom. The van der Waals surface area contributed by atoms with Gasteiger partial charge >= 0.3 is 0 Å². The Labute approximate surface area is 502 Å². The molecule has 0 spiro atoms. The fraction of sp³-hybridized carbons (Fsp3) is 0. The van der Waals surface area contributed by atoms with E-state index in [1.807, 2.05) is 12.1 Å². The first-order valence-electron chi connectivity index (χ1n) is 29.7. The molecule has 406 valence electrons. The van der Waals surface area contributed by atoms with Gasteiger partial charge in [-0.2, -0.15) is 10.5 Å². The molecule has 19 aromatic rings. The standard InChI is InChI=1S/C80H46N8/c81-47-49-40-76(88-74-38-36-54(86-69-31-15-9-25-57(69)58-26-10-16-32-70(58)86)42-62(74)66-46-78-64(44-80(66)88)60-28-12-18-34-72(60)84(78)52-21-5-2-6-22-52)50(48-82)39-75(49)87-73-37-35-53(85-67-29-13-7-23-55(67)56-24-8-14-30-68(56)85)41-61(73)65-45-77-63(43-79(65)87)59-27-11-17-33-71(59)83(77)51-19-3-1-4-20-51/h1-46H. The van der Waals surface area contributed by atoms with Gasteiger partial charge in [0.2, 0.25) is 0 Å². The van der Waals surface area contributed by atoms with Crippen LogP contribution in [0.25, 0.3) is 165 Å². The Morgan fingerprint density at radius 3 is 0.739 bits per heavy atom. The van der Waals surface area contributed by atoms with Crippen LogP contribution in [0.4, 0.5) is 0 Å². The molecule has 6 aromatic heterocycles. The van der Waals surface area contributed by atoms with E-state index in [1.54, 1.807) is 0 Å². The molecule has 0 atom stereocenters. The summed E-state index contributed by atoms with van der Waals surface area (Å²) in [5.41, 5.74) is 18.8. The summed E-state index contributed by atoms with van der Waals surface area (Å²) in [4.78, 5) is 0. The molecule has 13 aromatic carbocycles. The molecular weight excluding hydrogens is 1070 g/mol. The fourth-order valence-corrected chi connectivity index (χ4v) is 15.0. The lowest BCUT2D eigenvalue weighted by Crippen LogP contribution is -2.04. The summed E-state index contributed by atoms with van der Waals surface area (Å²) in [6, 6.07) is 105. The van der Waals surface area contributed by atoms with Crippen LogP contribution in [0.15, 0.2) is 279 Å². The summed E-state index contributed by atoms with van der Waals surface area (Å²) in [6.07, 6.45) is 0. The van der Waals surface area contributed by atoms with Gasteiger partial charge in [0, 0.05) is 87.4 Å². The molecule has 19 rings (SSSR count). The van der Waals surface area contributed by atoms with Crippen LogP contribution in [0.3, 0.4) is 0 Å². The van der Waals surface area contributed by atoms with Crippen molar-refractivity contribution in [2.45, 2.75) is 0 Å². The highest BCUT2D eigenvalue weighted by Crippen LogP contribution is 2.46. The fourth-order valence-electron chi connectivity index (χ4n) is 15.0. The molecule has 0 saturated heterocycles. The predicted molar refractivity (Wildman–Crippen MR) is 362 cm³/mol. The van der Waals surface area contributed by atoms with Crippen LogP contribution in [-0.2, 0) is 0 Å². The van der Waals surface area contributed by atoms with Crippen LogP contribution >= 0.6 is 0 Å². The Morgan fingerprint density at radius 2 is 0.420 bits per heavy atom. The van der Waals surface area contributed by atoms with Gasteiger partial charge in [-0.25, -0.2) is 0 Å². The van der Waals surface area contributed by atoms with Crippen LogP contribution < -0.4 is 0 Å². The van der Waals surface area contributed by atoms with Gasteiger partial charge in [-0.05, 0) is 133 Å². The summed E-state index contributed by atoms with van der Waals surface area (Å²) in [7, 11) is 0. The van der Waals surface area contributed by atoms with Gasteiger partial charge in [-0.1, -0.05) is 146 Å². The van der Waals surface area contributed by atoms with Crippen molar-refractivity contribution in [3.05, 3.63) is 290 Å². The molecule has 0 radical (unpaired) electrons. The summed E-state index contributed by atoms with van der Waals surface area (Å²) in [6.45, 7) is 0. The second-order valence-electron chi connectivity index (χ2n) is 23.1. The van der Waals surface area contributed by atoms with Crippen LogP contribution in [0.1, 0.15) is 11.1 Å². The largest absolute Gasteiger partial charge is 0.309 e.